The lowest BCUT2D eigenvalue weighted by atomic mass is 9.72. The molecule has 9 heteroatoms. The summed E-state index contributed by atoms with van der Waals surface area (Å²) in [6, 6.07) is 70.4. The van der Waals surface area contributed by atoms with Crippen molar-refractivity contribution in [1.29, 1.82) is 0 Å². The summed E-state index contributed by atoms with van der Waals surface area (Å²) in [5, 5.41) is 8.09. The predicted octanol–water partition coefficient (Wildman–Crippen LogP) is 21.4. The average molecular weight is 1080 g/mol. The molecule has 0 saturated heterocycles. The zero-order valence-corrected chi connectivity index (χ0v) is 48.4. The van der Waals surface area contributed by atoms with E-state index in [9.17, 15) is 0 Å². The van der Waals surface area contributed by atoms with E-state index in [2.05, 4.69) is 178 Å². The quantitative estimate of drug-likeness (QED) is 0.0794. The molecular weight excluding hydrogens is 1010 g/mol. The van der Waals surface area contributed by atoms with Gasteiger partial charge in [0, 0.05) is 21.5 Å². The van der Waals surface area contributed by atoms with E-state index in [1.807, 2.05) is 97.1 Å². The molecule has 0 heterocycles. The molecular formula is C68H68O6P2S. The van der Waals surface area contributed by atoms with Crippen LogP contribution in [0.1, 0.15) is 93.2 Å². The number of benzene rings is 10. The predicted molar refractivity (Wildman–Crippen MR) is 325 cm³/mol. The normalized spacial score (nSPS) is 12.4. The van der Waals surface area contributed by atoms with Gasteiger partial charge in [-0.05, 0) is 116 Å². The lowest BCUT2D eigenvalue weighted by molar-refractivity contribution is 0.283. The van der Waals surface area contributed by atoms with E-state index in [1.54, 1.807) is 11.8 Å². The summed E-state index contributed by atoms with van der Waals surface area (Å²) in [7, 11) is -4.23. The minimum Gasteiger partial charge on any atom is -0.408 e. The lowest BCUT2D eigenvalue weighted by Crippen LogP contribution is -2.25. The van der Waals surface area contributed by atoms with Crippen molar-refractivity contribution in [2.75, 3.05) is 0 Å². The molecule has 77 heavy (non-hydrogen) atoms. The van der Waals surface area contributed by atoms with Gasteiger partial charge in [-0.25, -0.2) is 0 Å². The molecule has 0 saturated carbocycles. The van der Waals surface area contributed by atoms with Crippen molar-refractivity contribution in [3.05, 3.63) is 217 Å². The molecule has 0 aliphatic heterocycles. The largest absolute Gasteiger partial charge is 0.530 e. The summed E-state index contributed by atoms with van der Waals surface area (Å²) in [4.78, 5) is 1.76. The molecule has 0 atom stereocenters. The van der Waals surface area contributed by atoms with Crippen molar-refractivity contribution in [3.8, 4) is 34.5 Å². The van der Waals surface area contributed by atoms with E-state index >= 15 is 0 Å². The molecule has 0 aliphatic rings. The van der Waals surface area contributed by atoms with Crippen LogP contribution < -0.4 is 27.1 Å². The zero-order valence-electron chi connectivity index (χ0n) is 45.8. The van der Waals surface area contributed by atoms with E-state index < -0.39 is 17.2 Å². The molecule has 0 bridgehead atoms. The number of hydrogen-bond acceptors (Lipinski definition) is 7. The molecule has 0 radical (unpaired) electrons. The number of rotatable bonds is 18. The molecule has 10 aromatic carbocycles. The van der Waals surface area contributed by atoms with Gasteiger partial charge in [-0.2, -0.15) is 0 Å². The Morgan fingerprint density at radius 1 is 0.299 bits per heavy atom. The van der Waals surface area contributed by atoms with Crippen LogP contribution in [0.2, 0.25) is 0 Å². The van der Waals surface area contributed by atoms with E-state index in [1.165, 1.54) is 11.1 Å². The van der Waals surface area contributed by atoms with E-state index in [-0.39, 0.29) is 21.7 Å². The van der Waals surface area contributed by atoms with E-state index in [0.29, 0.717) is 34.5 Å². The summed E-state index contributed by atoms with van der Waals surface area (Å²) < 4.78 is 42.3. The molecule has 392 valence electrons. The maximum absolute atomic E-state index is 7.23. The fraction of sp³-hybridized carbons (Fsp3) is 0.235. The standard InChI is InChI=1S/C68H68O6P2S/c1-65(2,3)45-67(7,8)51-39-41-61(73-75(69-57-35-19-27-47-23-11-15-31-53(47)57)70-58-36-20-28-48-24-12-16-32-54(48)58)63(43-51)77-64-44-52(68(9,10)46-66(4,5)6)40-42-62(64)74-76(71-59-37-21-29-49-25-13-17-33-55(49)59)72-60-38-22-30-50-26-14-18-34-56(50)60/h11-44H,45-46H2,1-10H3. The van der Waals surface area contributed by atoms with Crippen LogP contribution in [0.5, 0.6) is 34.5 Å². The Labute approximate surface area is 462 Å². The van der Waals surface area contributed by atoms with Crippen molar-refractivity contribution >= 4 is 72.1 Å². The third-order valence-electron chi connectivity index (χ3n) is 13.7. The van der Waals surface area contributed by atoms with Crippen LogP contribution in [0.25, 0.3) is 43.1 Å². The highest BCUT2D eigenvalue weighted by Crippen LogP contribution is 2.54. The van der Waals surface area contributed by atoms with Crippen LogP contribution in [0, 0.1) is 10.8 Å². The van der Waals surface area contributed by atoms with E-state index in [0.717, 1.165) is 65.7 Å². The summed E-state index contributed by atoms with van der Waals surface area (Å²) >= 11 is 1.61. The molecule has 0 N–H and O–H groups in total. The Hall–Kier alpha value is -6.75. The summed E-state index contributed by atoms with van der Waals surface area (Å²) in [6.45, 7) is 23.1. The Kier molecular flexibility index (Phi) is 15.5. The molecule has 10 rings (SSSR count). The van der Waals surface area contributed by atoms with Crippen LogP contribution in [0.3, 0.4) is 0 Å². The number of hydrogen-bond donors (Lipinski definition) is 0. The average Bonchev–Trinajstić information content (AvgIpc) is 3.40. The first kappa shape index (κ1) is 53.6. The highest BCUT2D eigenvalue weighted by Gasteiger charge is 2.33. The van der Waals surface area contributed by atoms with Gasteiger partial charge < -0.3 is 27.1 Å². The highest BCUT2D eigenvalue weighted by atomic mass is 32.2. The summed E-state index contributed by atoms with van der Waals surface area (Å²) in [6.07, 6.45) is 1.91. The fourth-order valence-electron chi connectivity index (χ4n) is 10.8. The molecule has 0 spiro atoms. The van der Waals surface area contributed by atoms with Gasteiger partial charge in [-0.3, -0.25) is 0 Å². The molecule has 0 amide bonds. The van der Waals surface area contributed by atoms with Crippen LogP contribution in [-0.2, 0) is 10.8 Å². The van der Waals surface area contributed by atoms with Crippen molar-refractivity contribution in [2.45, 2.75) is 103 Å². The van der Waals surface area contributed by atoms with Gasteiger partial charge >= 0.3 is 17.2 Å². The zero-order chi connectivity index (χ0) is 54.0. The Bertz CT molecular complexity index is 3280. The number of fused-ring (bicyclic) bond motifs is 4. The SMILES string of the molecule is CC(C)(C)CC(C)(C)c1ccc(OP(Oc2cccc3ccccc23)Oc2cccc3ccccc23)c(Sc2cc(C(C)(C)CC(C)(C)C)ccc2OP(Oc2cccc3ccccc23)Oc2cccc3ccccc23)c1. The monoisotopic (exact) mass is 1070 g/mol. The Morgan fingerprint density at radius 3 is 0.844 bits per heavy atom. The van der Waals surface area contributed by atoms with Gasteiger partial charge in [0.05, 0.1) is 9.79 Å². The van der Waals surface area contributed by atoms with Gasteiger partial charge in [-0.1, -0.05) is 239 Å². The third-order valence-corrected chi connectivity index (χ3v) is 16.8. The Morgan fingerprint density at radius 2 is 0.558 bits per heavy atom. The maximum atomic E-state index is 7.23. The first-order chi connectivity index (χ1) is 36.8. The van der Waals surface area contributed by atoms with Gasteiger partial charge in [0.2, 0.25) is 0 Å². The summed E-state index contributed by atoms with van der Waals surface area (Å²) in [5.74, 6) is 3.90. The second-order valence-corrected chi connectivity index (χ2v) is 26.6. The fourth-order valence-corrected chi connectivity index (χ4v) is 14.1. The van der Waals surface area contributed by atoms with Crippen LogP contribution in [0.4, 0.5) is 0 Å². The van der Waals surface area contributed by atoms with Crippen molar-refractivity contribution in [1.82, 2.24) is 0 Å². The first-order valence-electron chi connectivity index (χ1n) is 26.4. The van der Waals surface area contributed by atoms with Gasteiger partial charge in [0.25, 0.3) is 0 Å². The van der Waals surface area contributed by atoms with Crippen molar-refractivity contribution in [3.63, 3.8) is 0 Å². The van der Waals surface area contributed by atoms with Crippen molar-refractivity contribution in [2.24, 2.45) is 10.8 Å². The van der Waals surface area contributed by atoms with Crippen LogP contribution in [-0.4, -0.2) is 0 Å². The van der Waals surface area contributed by atoms with E-state index in [4.69, 9.17) is 27.1 Å². The molecule has 6 nitrogen and oxygen atoms in total. The highest BCUT2D eigenvalue weighted by molar-refractivity contribution is 7.99. The van der Waals surface area contributed by atoms with Crippen LogP contribution in [0.15, 0.2) is 216 Å². The first-order valence-corrected chi connectivity index (χ1v) is 29.4. The molecule has 10 aromatic rings. The molecule has 0 unspecified atom stereocenters. The second-order valence-electron chi connectivity index (χ2n) is 23.6. The molecule has 0 fully saturated rings. The van der Waals surface area contributed by atoms with Gasteiger partial charge in [0.1, 0.15) is 34.5 Å². The smallest absolute Gasteiger partial charge is 0.408 e. The maximum Gasteiger partial charge on any atom is 0.530 e. The Balaban J connectivity index is 1.11. The molecule has 0 aromatic heterocycles. The van der Waals surface area contributed by atoms with Crippen LogP contribution >= 0.6 is 29.0 Å². The minimum absolute atomic E-state index is 0.0677. The molecule has 0 aliphatic carbocycles. The topological polar surface area (TPSA) is 55.4 Å². The van der Waals surface area contributed by atoms with Crippen molar-refractivity contribution < 1.29 is 27.1 Å². The van der Waals surface area contributed by atoms with Gasteiger partial charge in [-0.15, -0.1) is 0 Å². The third kappa shape index (κ3) is 13.0. The van der Waals surface area contributed by atoms with Gasteiger partial charge in [0.15, 0.2) is 0 Å². The lowest BCUT2D eigenvalue weighted by Gasteiger charge is -2.34. The summed E-state index contributed by atoms with van der Waals surface area (Å²) in [5.41, 5.74) is 2.11. The minimum atomic E-state index is -2.12. The second kappa shape index (κ2) is 22.3.